The monoisotopic (exact) mass is 273 g/mol. The van der Waals surface area contributed by atoms with Gasteiger partial charge >= 0.3 is 0 Å². The number of benzene rings is 1. The van der Waals surface area contributed by atoms with Crippen LogP contribution in [0.5, 0.6) is 11.5 Å². The Labute approximate surface area is 118 Å². The number of pyridine rings is 1. The first-order valence-corrected chi connectivity index (χ1v) is 6.43. The second kappa shape index (κ2) is 6.77. The van der Waals surface area contributed by atoms with Gasteiger partial charge in [-0.25, -0.2) is 0 Å². The lowest BCUT2D eigenvalue weighted by Crippen LogP contribution is -2.10. The Morgan fingerprint density at radius 2 is 2.15 bits per heavy atom. The molecular formula is C15H19N3O2. The zero-order chi connectivity index (χ0) is 14.4. The summed E-state index contributed by atoms with van der Waals surface area (Å²) in [5, 5.41) is 3.30. The van der Waals surface area contributed by atoms with Crippen LogP contribution in [0, 0.1) is 6.92 Å². The van der Waals surface area contributed by atoms with Crippen molar-refractivity contribution in [2.24, 2.45) is 5.73 Å². The molecule has 0 aliphatic heterocycles. The van der Waals surface area contributed by atoms with Gasteiger partial charge in [0.1, 0.15) is 12.4 Å². The summed E-state index contributed by atoms with van der Waals surface area (Å²) in [6.45, 7) is 2.93. The molecule has 5 nitrogen and oxygen atoms in total. The molecule has 0 atom stereocenters. The van der Waals surface area contributed by atoms with E-state index < -0.39 is 0 Å². The van der Waals surface area contributed by atoms with E-state index in [0.717, 1.165) is 22.8 Å². The summed E-state index contributed by atoms with van der Waals surface area (Å²) in [5.74, 6) is 1.48. The predicted octanol–water partition coefficient (Wildman–Crippen LogP) is 2.48. The SMILES string of the molecule is COc1cnc(C)cc1Nc1cccc(OCCN)c1. The fourth-order valence-electron chi connectivity index (χ4n) is 1.80. The summed E-state index contributed by atoms with van der Waals surface area (Å²) >= 11 is 0. The fourth-order valence-corrected chi connectivity index (χ4v) is 1.80. The molecule has 0 aliphatic rings. The van der Waals surface area contributed by atoms with Gasteiger partial charge in [0.05, 0.1) is 19.0 Å². The van der Waals surface area contributed by atoms with E-state index in [1.807, 2.05) is 37.3 Å². The van der Waals surface area contributed by atoms with Crippen molar-refractivity contribution in [3.8, 4) is 11.5 Å². The Balaban J connectivity index is 2.19. The van der Waals surface area contributed by atoms with Gasteiger partial charge in [-0.15, -0.1) is 0 Å². The van der Waals surface area contributed by atoms with Crippen LogP contribution in [0.1, 0.15) is 5.69 Å². The van der Waals surface area contributed by atoms with Crippen LogP contribution >= 0.6 is 0 Å². The normalized spacial score (nSPS) is 10.2. The number of anilines is 2. The molecule has 2 rings (SSSR count). The summed E-state index contributed by atoms with van der Waals surface area (Å²) in [7, 11) is 1.62. The minimum atomic E-state index is 0.495. The van der Waals surface area contributed by atoms with E-state index in [1.54, 1.807) is 13.3 Å². The van der Waals surface area contributed by atoms with E-state index in [-0.39, 0.29) is 0 Å². The number of nitrogens with two attached hydrogens (primary N) is 1. The van der Waals surface area contributed by atoms with Gasteiger partial charge in [-0.1, -0.05) is 6.07 Å². The Morgan fingerprint density at radius 1 is 1.30 bits per heavy atom. The maximum absolute atomic E-state index is 5.51. The molecule has 0 saturated heterocycles. The van der Waals surface area contributed by atoms with Crippen molar-refractivity contribution in [2.75, 3.05) is 25.6 Å². The molecule has 1 aromatic heterocycles. The maximum atomic E-state index is 5.51. The largest absolute Gasteiger partial charge is 0.493 e. The lowest BCUT2D eigenvalue weighted by molar-refractivity contribution is 0.328. The summed E-state index contributed by atoms with van der Waals surface area (Å²) in [6.07, 6.45) is 1.70. The van der Waals surface area contributed by atoms with Gasteiger partial charge in [-0.3, -0.25) is 4.98 Å². The number of aromatic nitrogens is 1. The molecule has 0 fully saturated rings. The summed E-state index contributed by atoms with van der Waals surface area (Å²) in [5.41, 5.74) is 8.14. The second-order valence-electron chi connectivity index (χ2n) is 4.32. The number of hydrogen-bond acceptors (Lipinski definition) is 5. The van der Waals surface area contributed by atoms with Crippen LogP contribution in [0.3, 0.4) is 0 Å². The van der Waals surface area contributed by atoms with Gasteiger partial charge < -0.3 is 20.5 Å². The van der Waals surface area contributed by atoms with Gasteiger partial charge in [0.25, 0.3) is 0 Å². The van der Waals surface area contributed by atoms with Crippen molar-refractivity contribution >= 4 is 11.4 Å². The molecule has 0 bridgehead atoms. The van der Waals surface area contributed by atoms with Gasteiger partial charge in [-0.2, -0.15) is 0 Å². The van der Waals surface area contributed by atoms with E-state index in [2.05, 4.69) is 10.3 Å². The lowest BCUT2D eigenvalue weighted by Gasteiger charge is -2.12. The molecule has 0 radical (unpaired) electrons. The number of methoxy groups -OCH3 is 1. The molecular weight excluding hydrogens is 254 g/mol. The number of nitrogens with one attached hydrogen (secondary N) is 1. The Kier molecular flexibility index (Phi) is 4.79. The Morgan fingerprint density at radius 3 is 2.90 bits per heavy atom. The molecule has 20 heavy (non-hydrogen) atoms. The van der Waals surface area contributed by atoms with Crippen LogP contribution in [0.25, 0.3) is 0 Å². The zero-order valence-corrected chi connectivity index (χ0v) is 11.7. The third kappa shape index (κ3) is 3.61. The highest BCUT2D eigenvalue weighted by Crippen LogP contribution is 2.28. The summed E-state index contributed by atoms with van der Waals surface area (Å²) < 4.78 is 10.8. The number of hydrogen-bond donors (Lipinski definition) is 2. The third-order valence-corrected chi connectivity index (χ3v) is 2.72. The third-order valence-electron chi connectivity index (χ3n) is 2.72. The maximum Gasteiger partial charge on any atom is 0.160 e. The van der Waals surface area contributed by atoms with Crippen molar-refractivity contribution in [3.63, 3.8) is 0 Å². The van der Waals surface area contributed by atoms with Gasteiger partial charge in [0.15, 0.2) is 5.75 Å². The van der Waals surface area contributed by atoms with Crippen LogP contribution < -0.4 is 20.5 Å². The molecule has 106 valence electrons. The first-order chi connectivity index (χ1) is 9.72. The van der Waals surface area contributed by atoms with Crippen molar-refractivity contribution < 1.29 is 9.47 Å². The van der Waals surface area contributed by atoms with Crippen molar-refractivity contribution in [3.05, 3.63) is 42.2 Å². The smallest absolute Gasteiger partial charge is 0.160 e. The van der Waals surface area contributed by atoms with E-state index in [4.69, 9.17) is 15.2 Å². The van der Waals surface area contributed by atoms with Gasteiger partial charge in [0.2, 0.25) is 0 Å². The molecule has 0 spiro atoms. The van der Waals surface area contributed by atoms with Crippen LogP contribution in [0.4, 0.5) is 11.4 Å². The van der Waals surface area contributed by atoms with Crippen LogP contribution in [0.15, 0.2) is 36.5 Å². The van der Waals surface area contributed by atoms with Crippen molar-refractivity contribution in [1.82, 2.24) is 4.98 Å². The Hall–Kier alpha value is -2.27. The average molecular weight is 273 g/mol. The van der Waals surface area contributed by atoms with Gasteiger partial charge in [-0.05, 0) is 25.1 Å². The molecule has 3 N–H and O–H groups in total. The highest BCUT2D eigenvalue weighted by atomic mass is 16.5. The minimum absolute atomic E-state index is 0.495. The predicted molar refractivity (Wildman–Crippen MR) is 79.8 cm³/mol. The standard InChI is InChI=1S/C15H19N3O2/c1-11-8-14(15(19-2)10-17-11)18-12-4-3-5-13(9-12)20-7-6-16/h3-5,8-10H,6-7,16H2,1-2H3,(H,17,18). The molecule has 0 saturated carbocycles. The Bertz CT molecular complexity index is 573. The quantitative estimate of drug-likeness (QED) is 0.846. The number of rotatable bonds is 6. The van der Waals surface area contributed by atoms with Gasteiger partial charge in [0, 0.05) is 24.0 Å². The first-order valence-electron chi connectivity index (χ1n) is 6.43. The molecule has 5 heteroatoms. The second-order valence-corrected chi connectivity index (χ2v) is 4.32. The van der Waals surface area contributed by atoms with Crippen LogP contribution in [-0.2, 0) is 0 Å². The molecule has 1 aromatic carbocycles. The number of ether oxygens (including phenoxy) is 2. The van der Waals surface area contributed by atoms with E-state index >= 15 is 0 Å². The van der Waals surface area contributed by atoms with Crippen molar-refractivity contribution in [1.29, 1.82) is 0 Å². The highest BCUT2D eigenvalue weighted by Gasteiger charge is 2.05. The molecule has 1 heterocycles. The van der Waals surface area contributed by atoms with E-state index in [1.165, 1.54) is 0 Å². The first kappa shape index (κ1) is 14.1. The topological polar surface area (TPSA) is 69.4 Å². The number of aryl methyl sites for hydroxylation is 1. The van der Waals surface area contributed by atoms with Crippen molar-refractivity contribution in [2.45, 2.75) is 6.92 Å². The minimum Gasteiger partial charge on any atom is -0.493 e. The number of nitrogens with zero attached hydrogens (tertiary/aromatic N) is 1. The summed E-state index contributed by atoms with van der Waals surface area (Å²) in [6, 6.07) is 9.65. The van der Waals surface area contributed by atoms with E-state index in [9.17, 15) is 0 Å². The fraction of sp³-hybridized carbons (Fsp3) is 0.267. The van der Waals surface area contributed by atoms with Crippen LogP contribution in [0.2, 0.25) is 0 Å². The molecule has 0 unspecified atom stereocenters. The summed E-state index contributed by atoms with van der Waals surface area (Å²) in [4.78, 5) is 4.21. The van der Waals surface area contributed by atoms with E-state index in [0.29, 0.717) is 18.9 Å². The zero-order valence-electron chi connectivity index (χ0n) is 11.7. The van der Waals surface area contributed by atoms with Crippen LogP contribution in [-0.4, -0.2) is 25.2 Å². The molecule has 2 aromatic rings. The molecule has 0 aliphatic carbocycles. The average Bonchev–Trinajstić information content (AvgIpc) is 2.46. The highest BCUT2D eigenvalue weighted by molar-refractivity contribution is 5.66. The molecule has 0 amide bonds. The lowest BCUT2D eigenvalue weighted by atomic mass is 10.2.